The standard InChI is InChI=1S/C18H16FN5O3S/c1-26-15-8-11(6-7-14(15)27-10-16(20)25)9-21-24-17(22-23-18(24)28)12-4-2-3-5-13(12)19/h2-9H,10H2,1H3,(H2,20,25)(H,23,28)/b21-9-. The van der Waals surface area contributed by atoms with Crippen molar-refractivity contribution in [1.82, 2.24) is 14.9 Å². The Labute approximate surface area is 164 Å². The quantitative estimate of drug-likeness (QED) is 0.467. The summed E-state index contributed by atoms with van der Waals surface area (Å²) >= 11 is 5.18. The third kappa shape index (κ3) is 4.23. The van der Waals surface area contributed by atoms with Crippen LogP contribution < -0.4 is 15.2 Å². The molecule has 0 spiro atoms. The number of halogens is 1. The molecule has 3 rings (SSSR count). The Balaban J connectivity index is 1.91. The van der Waals surface area contributed by atoms with E-state index in [4.69, 9.17) is 27.4 Å². The highest BCUT2D eigenvalue weighted by molar-refractivity contribution is 7.71. The molecule has 0 saturated heterocycles. The van der Waals surface area contributed by atoms with Gasteiger partial charge < -0.3 is 15.2 Å². The van der Waals surface area contributed by atoms with Gasteiger partial charge in [-0.15, -0.1) is 0 Å². The maximum Gasteiger partial charge on any atom is 0.255 e. The van der Waals surface area contributed by atoms with Crippen molar-refractivity contribution in [2.45, 2.75) is 0 Å². The van der Waals surface area contributed by atoms with Gasteiger partial charge in [-0.05, 0) is 48.1 Å². The maximum atomic E-state index is 14.1. The van der Waals surface area contributed by atoms with Crippen LogP contribution in [0.4, 0.5) is 4.39 Å². The lowest BCUT2D eigenvalue weighted by molar-refractivity contribution is -0.119. The molecule has 0 bridgehead atoms. The zero-order valence-corrected chi connectivity index (χ0v) is 15.6. The van der Waals surface area contributed by atoms with Crippen molar-refractivity contribution in [3.05, 3.63) is 58.6 Å². The molecule has 10 heteroatoms. The highest BCUT2D eigenvalue weighted by atomic mass is 32.1. The van der Waals surface area contributed by atoms with Gasteiger partial charge in [-0.2, -0.15) is 14.9 Å². The van der Waals surface area contributed by atoms with E-state index in [1.54, 1.807) is 36.4 Å². The largest absolute Gasteiger partial charge is 0.493 e. The molecule has 3 N–H and O–H groups in total. The number of benzene rings is 2. The van der Waals surface area contributed by atoms with E-state index in [0.29, 0.717) is 17.1 Å². The number of ether oxygens (including phenoxy) is 2. The number of rotatable bonds is 7. The van der Waals surface area contributed by atoms with Gasteiger partial charge in [0.25, 0.3) is 5.91 Å². The number of hydrogen-bond donors (Lipinski definition) is 2. The SMILES string of the molecule is COc1cc(/C=N\n2c(-c3ccccc3F)n[nH]c2=S)ccc1OCC(N)=O. The number of nitrogens with two attached hydrogens (primary N) is 1. The molecule has 3 aromatic rings. The fourth-order valence-electron chi connectivity index (χ4n) is 2.37. The second-order valence-electron chi connectivity index (χ2n) is 5.55. The second kappa shape index (κ2) is 8.44. The smallest absolute Gasteiger partial charge is 0.255 e. The molecule has 0 aliphatic heterocycles. The minimum absolute atomic E-state index is 0.211. The van der Waals surface area contributed by atoms with Gasteiger partial charge in [0.15, 0.2) is 23.9 Å². The second-order valence-corrected chi connectivity index (χ2v) is 5.94. The molecule has 0 unspecified atom stereocenters. The zero-order valence-electron chi connectivity index (χ0n) is 14.8. The zero-order chi connectivity index (χ0) is 20.1. The van der Waals surface area contributed by atoms with E-state index in [0.717, 1.165) is 0 Å². The summed E-state index contributed by atoms with van der Waals surface area (Å²) in [7, 11) is 1.47. The van der Waals surface area contributed by atoms with Crippen molar-refractivity contribution in [3.8, 4) is 22.9 Å². The van der Waals surface area contributed by atoms with E-state index in [1.807, 2.05) is 0 Å². The fourth-order valence-corrected chi connectivity index (χ4v) is 2.55. The summed E-state index contributed by atoms with van der Waals surface area (Å²) in [4.78, 5) is 10.9. The monoisotopic (exact) mass is 401 g/mol. The molecule has 28 heavy (non-hydrogen) atoms. The summed E-state index contributed by atoms with van der Waals surface area (Å²) in [5.41, 5.74) is 6.00. The number of nitrogens with one attached hydrogen (secondary N) is 1. The summed E-state index contributed by atoms with van der Waals surface area (Å²) in [5.74, 6) is -0.0262. The average molecular weight is 401 g/mol. The van der Waals surface area contributed by atoms with E-state index in [-0.39, 0.29) is 22.8 Å². The molecule has 1 aromatic heterocycles. The lowest BCUT2D eigenvalue weighted by Gasteiger charge is -2.09. The van der Waals surface area contributed by atoms with Gasteiger partial charge in [0.2, 0.25) is 4.77 Å². The van der Waals surface area contributed by atoms with E-state index in [1.165, 1.54) is 24.1 Å². The fraction of sp³-hybridized carbons (Fsp3) is 0.111. The minimum atomic E-state index is -0.595. The Bertz CT molecular complexity index is 1090. The topological polar surface area (TPSA) is 108 Å². The van der Waals surface area contributed by atoms with E-state index in [2.05, 4.69) is 15.3 Å². The van der Waals surface area contributed by atoms with Crippen LogP contribution in [0.1, 0.15) is 5.56 Å². The van der Waals surface area contributed by atoms with Crippen LogP contribution in [0.5, 0.6) is 11.5 Å². The van der Waals surface area contributed by atoms with Gasteiger partial charge in [0.05, 0.1) is 18.9 Å². The Morgan fingerprint density at radius 2 is 2.14 bits per heavy atom. The van der Waals surface area contributed by atoms with Crippen molar-refractivity contribution >= 4 is 24.3 Å². The van der Waals surface area contributed by atoms with E-state index < -0.39 is 11.7 Å². The Kier molecular flexibility index (Phi) is 5.80. The summed E-state index contributed by atoms with van der Waals surface area (Å²) in [6.45, 7) is -0.264. The summed E-state index contributed by atoms with van der Waals surface area (Å²) < 4.78 is 26.1. The molecule has 0 atom stereocenters. The predicted octanol–water partition coefficient (Wildman–Crippen LogP) is 2.50. The highest BCUT2D eigenvalue weighted by Gasteiger charge is 2.12. The molecule has 0 radical (unpaired) electrons. The van der Waals surface area contributed by atoms with Crippen LogP contribution in [-0.2, 0) is 4.79 Å². The molecule has 0 aliphatic rings. The van der Waals surface area contributed by atoms with Gasteiger partial charge in [-0.25, -0.2) is 9.49 Å². The van der Waals surface area contributed by atoms with Gasteiger partial charge in [0.1, 0.15) is 5.82 Å². The highest BCUT2D eigenvalue weighted by Crippen LogP contribution is 2.27. The van der Waals surface area contributed by atoms with Crippen LogP contribution in [0.25, 0.3) is 11.4 Å². The Hall–Kier alpha value is -3.53. The first kappa shape index (κ1) is 19.2. The number of amides is 1. The number of aromatic amines is 1. The van der Waals surface area contributed by atoms with Crippen LogP contribution in [-0.4, -0.2) is 40.7 Å². The van der Waals surface area contributed by atoms with Crippen LogP contribution in [0.3, 0.4) is 0 Å². The summed E-state index contributed by atoms with van der Waals surface area (Å²) in [5, 5.41) is 10.9. The van der Waals surface area contributed by atoms with E-state index in [9.17, 15) is 9.18 Å². The molecule has 0 fully saturated rings. The third-order valence-corrected chi connectivity index (χ3v) is 3.91. The van der Waals surface area contributed by atoms with Crippen LogP contribution in [0, 0.1) is 10.6 Å². The number of primary amides is 1. The Morgan fingerprint density at radius 1 is 1.36 bits per heavy atom. The average Bonchev–Trinajstić information content (AvgIpc) is 3.05. The molecule has 1 heterocycles. The first-order valence-electron chi connectivity index (χ1n) is 8.05. The Morgan fingerprint density at radius 3 is 2.86 bits per heavy atom. The molecule has 0 aliphatic carbocycles. The number of methoxy groups -OCH3 is 1. The number of aromatic nitrogens is 3. The first-order chi connectivity index (χ1) is 13.5. The van der Waals surface area contributed by atoms with Crippen molar-refractivity contribution in [2.24, 2.45) is 10.8 Å². The molecule has 8 nitrogen and oxygen atoms in total. The first-order valence-corrected chi connectivity index (χ1v) is 8.46. The number of hydrogen-bond acceptors (Lipinski definition) is 6. The van der Waals surface area contributed by atoms with Crippen molar-refractivity contribution in [2.75, 3.05) is 13.7 Å². The number of carbonyl (C=O) groups is 1. The maximum absolute atomic E-state index is 14.1. The van der Waals surface area contributed by atoms with Crippen LogP contribution >= 0.6 is 12.2 Å². The molecule has 1 amide bonds. The number of nitrogens with zero attached hydrogens (tertiary/aromatic N) is 3. The van der Waals surface area contributed by atoms with Gasteiger partial charge >= 0.3 is 0 Å². The summed E-state index contributed by atoms with van der Waals surface area (Å²) in [6, 6.07) is 11.2. The summed E-state index contributed by atoms with van der Waals surface area (Å²) in [6.07, 6.45) is 1.51. The van der Waals surface area contributed by atoms with Gasteiger partial charge in [0, 0.05) is 0 Å². The normalized spacial score (nSPS) is 10.9. The van der Waals surface area contributed by atoms with Crippen LogP contribution in [0.15, 0.2) is 47.6 Å². The minimum Gasteiger partial charge on any atom is -0.493 e. The van der Waals surface area contributed by atoms with Crippen LogP contribution in [0.2, 0.25) is 0 Å². The predicted molar refractivity (Wildman–Crippen MR) is 103 cm³/mol. The molecule has 2 aromatic carbocycles. The van der Waals surface area contributed by atoms with Gasteiger partial charge in [-0.1, -0.05) is 12.1 Å². The molecular formula is C18H16FN5O3S. The van der Waals surface area contributed by atoms with Gasteiger partial charge in [-0.3, -0.25) is 4.79 Å². The lowest BCUT2D eigenvalue weighted by Crippen LogP contribution is -2.20. The third-order valence-electron chi connectivity index (χ3n) is 3.65. The van der Waals surface area contributed by atoms with Crippen molar-refractivity contribution in [1.29, 1.82) is 0 Å². The lowest BCUT2D eigenvalue weighted by atomic mass is 10.2. The molecule has 0 saturated carbocycles. The van der Waals surface area contributed by atoms with Crippen molar-refractivity contribution < 1.29 is 18.7 Å². The van der Waals surface area contributed by atoms with Crippen molar-refractivity contribution in [3.63, 3.8) is 0 Å². The molecular weight excluding hydrogens is 385 g/mol. The number of H-pyrrole nitrogens is 1. The number of carbonyl (C=O) groups excluding carboxylic acids is 1. The van der Waals surface area contributed by atoms with E-state index >= 15 is 0 Å². The molecule has 144 valence electrons.